The zero-order valence-corrected chi connectivity index (χ0v) is 20.9. The van der Waals surface area contributed by atoms with Crippen molar-refractivity contribution in [2.24, 2.45) is 5.92 Å². The number of halogens is 1. The molecule has 0 bridgehead atoms. The quantitative estimate of drug-likeness (QED) is 0.446. The normalized spacial score (nSPS) is 22.9. The highest BCUT2D eigenvalue weighted by Crippen LogP contribution is 2.50. The Labute approximate surface area is 198 Å². The van der Waals surface area contributed by atoms with Crippen LogP contribution >= 0.6 is 15.9 Å². The van der Waals surface area contributed by atoms with E-state index in [0.717, 1.165) is 22.0 Å². The Kier molecular flexibility index (Phi) is 7.67. The highest BCUT2D eigenvalue weighted by Gasteiger charge is 2.40. The summed E-state index contributed by atoms with van der Waals surface area (Å²) >= 11 is 3.54. The summed E-state index contributed by atoms with van der Waals surface area (Å²) in [4.78, 5) is 11.2. The first kappa shape index (κ1) is 24.3. The highest BCUT2D eigenvalue weighted by molar-refractivity contribution is 9.10. The molecule has 1 aliphatic heterocycles. The lowest BCUT2D eigenvalue weighted by Crippen LogP contribution is -2.34. The number of benzene rings is 2. The van der Waals surface area contributed by atoms with Gasteiger partial charge in [0.25, 0.3) is 0 Å². The van der Waals surface area contributed by atoms with E-state index >= 15 is 0 Å². The van der Waals surface area contributed by atoms with Crippen LogP contribution in [0, 0.1) is 19.8 Å². The topological polar surface area (TPSA) is 65.0 Å². The number of carbonyl (C=O) groups is 1. The van der Waals surface area contributed by atoms with Gasteiger partial charge in [-0.1, -0.05) is 46.3 Å². The van der Waals surface area contributed by atoms with Gasteiger partial charge < -0.3 is 19.3 Å². The zero-order chi connectivity index (χ0) is 23.6. The number of hydrogen-bond donors (Lipinski definition) is 1. The number of carboxylic acid groups (broad SMARTS) is 1. The Balaban J connectivity index is 2.02. The van der Waals surface area contributed by atoms with Crippen molar-refractivity contribution >= 4 is 21.9 Å². The molecule has 4 atom stereocenters. The first-order valence-corrected chi connectivity index (χ1v) is 11.5. The lowest BCUT2D eigenvalue weighted by molar-refractivity contribution is -0.139. The molecule has 0 aliphatic carbocycles. The standard InChI is InChI=1S/C26H31BrO5/c1-14(2)20-12-21(18-8-7-15(3)16(4)9-18)17(5)32-25(20)22-10-19(27)11-23(30-6)26(22)31-13-24(28)29/h7-11,17,20-21,25H,1,12-13H2,2-6H3,(H,28,29)/t17-,20+,21-,25-/m0/s1. The molecule has 0 aromatic heterocycles. The molecule has 2 aromatic rings. The van der Waals surface area contributed by atoms with Crippen LogP contribution in [0.2, 0.25) is 0 Å². The highest BCUT2D eigenvalue weighted by atomic mass is 79.9. The van der Waals surface area contributed by atoms with E-state index in [-0.39, 0.29) is 24.0 Å². The van der Waals surface area contributed by atoms with Crippen LogP contribution in [0.3, 0.4) is 0 Å². The minimum absolute atomic E-state index is 0.0315. The summed E-state index contributed by atoms with van der Waals surface area (Å²) in [6, 6.07) is 10.3. The number of aryl methyl sites for hydroxylation is 2. The maximum absolute atomic E-state index is 11.2. The van der Waals surface area contributed by atoms with E-state index in [9.17, 15) is 4.79 Å². The van der Waals surface area contributed by atoms with Gasteiger partial charge in [-0.25, -0.2) is 4.79 Å². The second-order valence-corrected chi connectivity index (χ2v) is 9.53. The second-order valence-electron chi connectivity index (χ2n) is 8.61. The van der Waals surface area contributed by atoms with Crippen LogP contribution in [-0.2, 0) is 9.53 Å². The Morgan fingerprint density at radius 3 is 2.56 bits per heavy atom. The van der Waals surface area contributed by atoms with Crippen molar-refractivity contribution in [1.82, 2.24) is 0 Å². The van der Waals surface area contributed by atoms with Crippen molar-refractivity contribution in [2.45, 2.75) is 52.2 Å². The number of rotatable bonds is 7. The van der Waals surface area contributed by atoms with Crippen molar-refractivity contribution in [3.63, 3.8) is 0 Å². The number of methoxy groups -OCH3 is 1. The van der Waals surface area contributed by atoms with Gasteiger partial charge in [-0.2, -0.15) is 0 Å². The van der Waals surface area contributed by atoms with Crippen LogP contribution in [0.25, 0.3) is 0 Å². The lowest BCUT2D eigenvalue weighted by atomic mass is 9.75. The van der Waals surface area contributed by atoms with Crippen molar-refractivity contribution in [1.29, 1.82) is 0 Å². The van der Waals surface area contributed by atoms with E-state index in [1.54, 1.807) is 6.07 Å². The van der Waals surface area contributed by atoms with Crippen molar-refractivity contribution in [3.05, 3.63) is 69.2 Å². The predicted octanol–water partition coefficient (Wildman–Crippen LogP) is 6.36. The van der Waals surface area contributed by atoms with Gasteiger partial charge in [-0.15, -0.1) is 0 Å². The monoisotopic (exact) mass is 502 g/mol. The van der Waals surface area contributed by atoms with Crippen molar-refractivity contribution in [2.75, 3.05) is 13.7 Å². The Bertz CT molecular complexity index is 1020. The molecule has 1 heterocycles. The number of hydrogen-bond acceptors (Lipinski definition) is 4. The minimum atomic E-state index is -1.05. The van der Waals surface area contributed by atoms with Crippen molar-refractivity contribution < 1.29 is 24.1 Å². The van der Waals surface area contributed by atoms with Crippen LogP contribution in [0.15, 0.2) is 47.0 Å². The third-order valence-electron chi connectivity index (χ3n) is 6.31. The Morgan fingerprint density at radius 1 is 1.25 bits per heavy atom. The van der Waals surface area contributed by atoms with Gasteiger partial charge in [0.05, 0.1) is 19.3 Å². The Morgan fingerprint density at radius 2 is 1.97 bits per heavy atom. The van der Waals surface area contributed by atoms with Crippen LogP contribution in [0.4, 0.5) is 0 Å². The molecule has 0 spiro atoms. The van der Waals surface area contributed by atoms with Gasteiger partial charge in [0.2, 0.25) is 0 Å². The second kappa shape index (κ2) is 10.1. The molecule has 1 fully saturated rings. The van der Waals surface area contributed by atoms with Crippen LogP contribution in [0.5, 0.6) is 11.5 Å². The molecule has 172 valence electrons. The third-order valence-corrected chi connectivity index (χ3v) is 6.77. The van der Waals surface area contributed by atoms with E-state index in [1.165, 1.54) is 23.8 Å². The molecule has 5 nitrogen and oxygen atoms in total. The van der Waals surface area contributed by atoms with E-state index in [2.05, 4.69) is 61.5 Å². The summed E-state index contributed by atoms with van der Waals surface area (Å²) in [6.45, 7) is 12.1. The van der Waals surface area contributed by atoms with Gasteiger partial charge in [0.1, 0.15) is 0 Å². The molecule has 6 heteroatoms. The van der Waals surface area contributed by atoms with Crippen LogP contribution < -0.4 is 9.47 Å². The Hall–Kier alpha value is -2.31. The number of carboxylic acids is 1. The molecule has 0 unspecified atom stereocenters. The first-order chi connectivity index (χ1) is 15.1. The van der Waals surface area contributed by atoms with E-state index in [0.29, 0.717) is 11.5 Å². The van der Waals surface area contributed by atoms with E-state index in [1.807, 2.05) is 13.0 Å². The molecule has 32 heavy (non-hydrogen) atoms. The van der Waals surface area contributed by atoms with Gasteiger partial charge in [-0.05, 0) is 62.9 Å². The fourth-order valence-corrected chi connectivity index (χ4v) is 4.86. The third kappa shape index (κ3) is 5.18. The molecule has 0 amide bonds. The van der Waals surface area contributed by atoms with E-state index < -0.39 is 12.6 Å². The molecule has 0 saturated carbocycles. The summed E-state index contributed by atoms with van der Waals surface area (Å²) in [6.07, 6.45) is 0.493. The zero-order valence-electron chi connectivity index (χ0n) is 19.3. The molecule has 3 rings (SSSR count). The maximum atomic E-state index is 11.2. The van der Waals surface area contributed by atoms with Crippen LogP contribution in [0.1, 0.15) is 54.5 Å². The van der Waals surface area contributed by atoms with Gasteiger partial charge in [0, 0.05) is 21.9 Å². The molecular weight excluding hydrogens is 472 g/mol. The van der Waals surface area contributed by atoms with Crippen LogP contribution in [-0.4, -0.2) is 30.9 Å². The fourth-order valence-electron chi connectivity index (χ4n) is 4.40. The molecular formula is C26H31BrO5. The number of ether oxygens (including phenoxy) is 3. The molecule has 2 aromatic carbocycles. The first-order valence-electron chi connectivity index (χ1n) is 10.7. The summed E-state index contributed by atoms with van der Waals surface area (Å²) in [5.74, 6) is 0.0635. The van der Waals surface area contributed by atoms with Crippen molar-refractivity contribution in [3.8, 4) is 11.5 Å². The summed E-state index contributed by atoms with van der Waals surface area (Å²) in [7, 11) is 1.54. The van der Waals surface area contributed by atoms with Gasteiger partial charge in [-0.3, -0.25) is 0 Å². The molecule has 1 N–H and O–H groups in total. The predicted molar refractivity (Wildman–Crippen MR) is 129 cm³/mol. The SMILES string of the molecule is C=C(C)[C@H]1C[C@H](c2ccc(C)c(C)c2)[C@H](C)O[C@@H]1c1cc(Br)cc(OC)c1OCC(=O)O. The average Bonchev–Trinajstić information content (AvgIpc) is 2.73. The molecule has 1 aliphatic rings. The summed E-state index contributed by atoms with van der Waals surface area (Å²) < 4.78 is 18.6. The fraction of sp³-hybridized carbons (Fsp3) is 0.423. The number of aliphatic carboxylic acids is 1. The van der Waals surface area contributed by atoms with Gasteiger partial charge in [0.15, 0.2) is 18.1 Å². The van der Waals surface area contributed by atoms with E-state index in [4.69, 9.17) is 19.3 Å². The van der Waals surface area contributed by atoms with Gasteiger partial charge >= 0.3 is 5.97 Å². The smallest absolute Gasteiger partial charge is 0.341 e. The lowest BCUT2D eigenvalue weighted by Gasteiger charge is -2.42. The molecule has 1 saturated heterocycles. The maximum Gasteiger partial charge on any atom is 0.341 e. The largest absolute Gasteiger partial charge is 0.493 e. The summed E-state index contributed by atoms with van der Waals surface area (Å²) in [5.41, 5.74) is 5.58. The molecule has 0 radical (unpaired) electrons. The average molecular weight is 503 g/mol. The summed E-state index contributed by atoms with van der Waals surface area (Å²) in [5, 5.41) is 9.16. The minimum Gasteiger partial charge on any atom is -0.493 e.